The molecule has 0 unspecified atom stereocenters. The first-order valence-electron chi connectivity index (χ1n) is 15.6. The quantitative estimate of drug-likeness (QED) is 0.135. The maximum Gasteiger partial charge on any atom is 0.309 e. The molecule has 2 aromatic carbocycles. The van der Waals surface area contributed by atoms with E-state index in [2.05, 4.69) is 71.7 Å². The molecule has 0 atom stereocenters. The molecular formula is C38H45N3O5S. The van der Waals surface area contributed by atoms with Crippen molar-refractivity contribution in [1.29, 1.82) is 0 Å². The van der Waals surface area contributed by atoms with Crippen molar-refractivity contribution in [3.05, 3.63) is 102 Å². The summed E-state index contributed by atoms with van der Waals surface area (Å²) in [7, 11) is 0. The van der Waals surface area contributed by atoms with Crippen LogP contribution in [-0.4, -0.2) is 42.4 Å². The van der Waals surface area contributed by atoms with Gasteiger partial charge in [-0.1, -0.05) is 51.1 Å². The van der Waals surface area contributed by atoms with Gasteiger partial charge in [0.25, 0.3) is 0 Å². The first-order valence-corrected chi connectivity index (χ1v) is 16.4. The topological polar surface area (TPSA) is 118 Å². The van der Waals surface area contributed by atoms with Gasteiger partial charge in [-0.05, 0) is 74.7 Å². The lowest BCUT2D eigenvalue weighted by molar-refractivity contribution is -0.146. The van der Waals surface area contributed by atoms with Crippen LogP contribution in [-0.2, 0) is 24.4 Å². The number of carbonyl (C=O) groups is 1. The number of fused-ring (bicyclic) bond motifs is 1. The number of hydrogen-bond acceptors (Lipinski definition) is 6. The predicted molar refractivity (Wildman–Crippen MR) is 190 cm³/mol. The first-order chi connectivity index (χ1) is 21.8. The van der Waals surface area contributed by atoms with Crippen molar-refractivity contribution in [2.75, 3.05) is 6.61 Å². The molecular weight excluding hydrogens is 611 g/mol. The van der Waals surface area contributed by atoms with E-state index >= 15 is 0 Å². The molecule has 0 aliphatic heterocycles. The molecule has 8 nitrogen and oxygen atoms in total. The Morgan fingerprint density at radius 2 is 1.62 bits per heavy atom. The Balaban J connectivity index is 0.00000500. The highest BCUT2D eigenvalue weighted by Gasteiger charge is 2.33. The number of ether oxygens (including phenoxy) is 2. The number of carboxylic acid groups (broad SMARTS) is 1. The second kappa shape index (κ2) is 14.6. The van der Waals surface area contributed by atoms with E-state index in [9.17, 15) is 9.90 Å². The van der Waals surface area contributed by atoms with Crippen LogP contribution >= 0.6 is 11.8 Å². The second-order valence-electron chi connectivity index (χ2n) is 13.3. The van der Waals surface area contributed by atoms with Crippen molar-refractivity contribution in [3.63, 3.8) is 0 Å². The molecule has 248 valence electrons. The Labute approximate surface area is 281 Å². The number of thioether (sulfide) groups is 1. The van der Waals surface area contributed by atoms with Gasteiger partial charge in [-0.3, -0.25) is 9.78 Å². The van der Waals surface area contributed by atoms with Gasteiger partial charge >= 0.3 is 5.97 Å². The van der Waals surface area contributed by atoms with Crippen LogP contribution in [0.1, 0.15) is 64.1 Å². The first kappa shape index (κ1) is 35.5. The van der Waals surface area contributed by atoms with Gasteiger partial charge in [-0.25, -0.2) is 4.98 Å². The summed E-state index contributed by atoms with van der Waals surface area (Å²) < 4.78 is 13.9. The fraction of sp³-hybridized carbons (Fsp3) is 0.342. The Morgan fingerprint density at radius 1 is 0.894 bits per heavy atom. The lowest BCUT2D eigenvalue weighted by Gasteiger charge is -2.24. The summed E-state index contributed by atoms with van der Waals surface area (Å²) in [5.74, 6) is 0.544. The van der Waals surface area contributed by atoms with Crippen molar-refractivity contribution < 1.29 is 24.9 Å². The van der Waals surface area contributed by atoms with Crippen molar-refractivity contribution in [1.82, 2.24) is 14.5 Å². The van der Waals surface area contributed by atoms with Crippen LogP contribution in [0.2, 0.25) is 0 Å². The van der Waals surface area contributed by atoms with Gasteiger partial charge in [0.15, 0.2) is 0 Å². The van der Waals surface area contributed by atoms with E-state index in [0.29, 0.717) is 32.1 Å². The molecule has 3 heterocycles. The minimum atomic E-state index is -0.958. The van der Waals surface area contributed by atoms with Gasteiger partial charge in [0.2, 0.25) is 5.88 Å². The summed E-state index contributed by atoms with van der Waals surface area (Å²) in [6, 6.07) is 22.6. The summed E-state index contributed by atoms with van der Waals surface area (Å²) in [5.41, 5.74) is 6.27. The van der Waals surface area contributed by atoms with E-state index in [1.165, 1.54) is 0 Å². The molecule has 5 rings (SSSR count). The van der Waals surface area contributed by atoms with Crippen LogP contribution < -0.4 is 9.47 Å². The number of aromatic nitrogens is 3. The average molecular weight is 656 g/mol. The van der Waals surface area contributed by atoms with Crippen LogP contribution in [0.3, 0.4) is 0 Å². The van der Waals surface area contributed by atoms with E-state index < -0.39 is 11.4 Å². The van der Waals surface area contributed by atoms with Crippen molar-refractivity contribution in [3.8, 4) is 22.8 Å². The monoisotopic (exact) mass is 655 g/mol. The third-order valence-corrected chi connectivity index (χ3v) is 8.98. The minimum Gasteiger partial charge on any atom is -0.487 e. The molecule has 0 aliphatic rings. The standard InChI is InChI=1S/C38H43N3O4S.H2O/c1-8-44-34-18-14-28(22-40-34)27-12-10-26(11-13-27)23-41-32-17-16-30(45-24-29-15-9-25(2)21-39-29)19-31(32)35(46-37(3,4)5)33(41)20-38(6,7)36(42)43;/h9-19,21-22H,8,20,23-24H2,1-7H3,(H,42,43);1H2. The fourth-order valence-corrected chi connectivity index (χ4v) is 6.41. The zero-order valence-electron chi connectivity index (χ0n) is 28.3. The Hall–Kier alpha value is -4.34. The molecule has 3 N–H and O–H groups in total. The minimum absolute atomic E-state index is 0. The SMILES string of the molecule is CCOc1ccc(-c2ccc(Cn3c(CC(C)(C)C(=O)O)c(SC(C)(C)C)c4cc(OCc5ccc(C)cn5)ccc43)cc2)cn1.O. The summed E-state index contributed by atoms with van der Waals surface area (Å²) in [6.07, 6.45) is 4.06. The Kier molecular flexibility index (Phi) is 11.0. The molecule has 0 aliphatic carbocycles. The Morgan fingerprint density at radius 3 is 2.21 bits per heavy atom. The van der Waals surface area contributed by atoms with Gasteiger partial charge in [0.1, 0.15) is 12.4 Å². The number of hydrogen-bond donors (Lipinski definition) is 1. The van der Waals surface area contributed by atoms with Crippen LogP contribution in [0.25, 0.3) is 22.0 Å². The van der Waals surface area contributed by atoms with Crippen LogP contribution in [0.15, 0.2) is 84.0 Å². The van der Waals surface area contributed by atoms with Gasteiger partial charge in [0.05, 0.1) is 17.7 Å². The molecule has 47 heavy (non-hydrogen) atoms. The molecule has 0 saturated heterocycles. The van der Waals surface area contributed by atoms with Gasteiger partial charge in [0, 0.05) is 63.2 Å². The molecule has 5 aromatic rings. The van der Waals surface area contributed by atoms with Crippen LogP contribution in [0, 0.1) is 12.3 Å². The van der Waals surface area contributed by atoms with E-state index in [-0.39, 0.29) is 10.2 Å². The summed E-state index contributed by atoms with van der Waals surface area (Å²) >= 11 is 1.77. The highest BCUT2D eigenvalue weighted by atomic mass is 32.2. The van der Waals surface area contributed by atoms with E-state index in [1.807, 2.05) is 56.6 Å². The van der Waals surface area contributed by atoms with E-state index in [0.717, 1.165) is 55.2 Å². The number of carboxylic acids is 1. The summed E-state index contributed by atoms with van der Waals surface area (Å²) in [4.78, 5) is 22.4. The molecule has 0 saturated carbocycles. The van der Waals surface area contributed by atoms with E-state index in [1.54, 1.807) is 25.6 Å². The molecule has 0 amide bonds. The second-order valence-corrected chi connectivity index (χ2v) is 15.1. The number of rotatable bonds is 12. The van der Waals surface area contributed by atoms with Gasteiger partial charge in [-0.2, -0.15) is 0 Å². The third kappa shape index (κ3) is 8.73. The van der Waals surface area contributed by atoms with Crippen LogP contribution in [0.5, 0.6) is 11.6 Å². The summed E-state index contributed by atoms with van der Waals surface area (Å²) in [5, 5.41) is 11.2. The molecule has 9 heteroatoms. The number of pyridine rings is 2. The number of nitrogens with zero attached hydrogens (tertiary/aromatic N) is 3. The van der Waals surface area contributed by atoms with E-state index in [4.69, 9.17) is 9.47 Å². The number of aryl methyl sites for hydroxylation is 1. The zero-order chi connectivity index (χ0) is 33.1. The molecule has 3 aromatic heterocycles. The highest BCUT2D eigenvalue weighted by molar-refractivity contribution is 8.00. The highest BCUT2D eigenvalue weighted by Crippen LogP contribution is 2.44. The largest absolute Gasteiger partial charge is 0.487 e. The van der Waals surface area contributed by atoms with Gasteiger partial charge in [-0.15, -0.1) is 11.8 Å². The number of aliphatic carboxylic acids is 1. The lowest BCUT2D eigenvalue weighted by Crippen LogP contribution is -2.28. The maximum absolute atomic E-state index is 12.4. The average Bonchev–Trinajstić information content (AvgIpc) is 3.27. The maximum atomic E-state index is 12.4. The molecule has 0 spiro atoms. The summed E-state index contributed by atoms with van der Waals surface area (Å²) in [6.45, 7) is 15.7. The molecule has 0 radical (unpaired) electrons. The third-order valence-electron chi connectivity index (χ3n) is 7.70. The molecule has 0 bridgehead atoms. The number of benzene rings is 2. The predicted octanol–water partition coefficient (Wildman–Crippen LogP) is 8.15. The van der Waals surface area contributed by atoms with Crippen molar-refractivity contribution in [2.24, 2.45) is 5.41 Å². The van der Waals surface area contributed by atoms with Crippen molar-refractivity contribution in [2.45, 2.75) is 77.7 Å². The molecule has 0 fully saturated rings. The van der Waals surface area contributed by atoms with Crippen molar-refractivity contribution >= 4 is 28.6 Å². The lowest BCUT2D eigenvalue weighted by atomic mass is 9.88. The smallest absolute Gasteiger partial charge is 0.309 e. The zero-order valence-corrected chi connectivity index (χ0v) is 29.1. The van der Waals surface area contributed by atoms with Crippen LogP contribution in [0.4, 0.5) is 0 Å². The fourth-order valence-electron chi connectivity index (χ4n) is 5.23. The normalized spacial score (nSPS) is 11.7. The Bertz CT molecular complexity index is 1810. The van der Waals surface area contributed by atoms with Gasteiger partial charge < -0.3 is 24.6 Å².